The van der Waals surface area contributed by atoms with E-state index in [1.807, 2.05) is 17.5 Å². The quantitative estimate of drug-likeness (QED) is 0.150. The molecule has 2 heterocycles. The van der Waals surface area contributed by atoms with Crippen LogP contribution < -0.4 is 16.0 Å². The number of Topliss-reactive ketones (excluding diaryl/α,β-unsaturated/α-hetero) is 1. The van der Waals surface area contributed by atoms with Crippen molar-refractivity contribution in [2.75, 3.05) is 23.8 Å². The lowest BCUT2D eigenvalue weighted by molar-refractivity contribution is -0.235. The molecule has 11 atom stereocenters. The average molecular weight is 919 g/mol. The molecule has 0 radical (unpaired) electrons. The largest absolute Gasteiger partial charge is 0.481 e. The summed E-state index contributed by atoms with van der Waals surface area (Å²) >= 11 is 4.36. The Hall–Kier alpha value is -4.20. The summed E-state index contributed by atoms with van der Waals surface area (Å²) in [6.07, 6.45) is -2.30. The molecular formula is C42H46BrF2N3O11S. The first kappa shape index (κ1) is 43.9. The fourth-order valence-corrected chi connectivity index (χ4v) is 11.6. The maximum atomic E-state index is 17.7. The van der Waals surface area contributed by atoms with E-state index in [4.69, 9.17) is 9.47 Å². The van der Waals surface area contributed by atoms with E-state index >= 15 is 8.78 Å². The number of allylic oxidation sites excluding steroid dienone is 4. The first-order chi connectivity index (χ1) is 28.4. The van der Waals surface area contributed by atoms with Crippen molar-refractivity contribution >= 4 is 68.2 Å². The number of anilines is 1. The minimum absolute atomic E-state index is 0.00890. The Bertz CT molecular complexity index is 2170. The van der Waals surface area contributed by atoms with Crippen molar-refractivity contribution in [1.29, 1.82) is 0 Å². The number of fused-ring (bicyclic) bond motifs is 7. The summed E-state index contributed by atoms with van der Waals surface area (Å²) in [6, 6.07) is 7.55. The Balaban J connectivity index is 1.06. The third-order valence-electron chi connectivity index (χ3n) is 13.3. The highest BCUT2D eigenvalue weighted by molar-refractivity contribution is 9.09. The molecule has 4 aliphatic carbocycles. The van der Waals surface area contributed by atoms with Crippen LogP contribution in [0.3, 0.4) is 0 Å². The van der Waals surface area contributed by atoms with Crippen LogP contribution in [0.2, 0.25) is 0 Å². The molecule has 322 valence electrons. The summed E-state index contributed by atoms with van der Waals surface area (Å²) in [5.74, 6) is -5.80. The molecule has 4 fully saturated rings. The minimum atomic E-state index is -2.36. The normalized spacial score (nSPS) is 34.3. The molecule has 5 aliphatic rings. The van der Waals surface area contributed by atoms with Gasteiger partial charge in [0, 0.05) is 45.7 Å². The van der Waals surface area contributed by atoms with Crippen molar-refractivity contribution in [3.63, 3.8) is 0 Å². The predicted octanol–water partition coefficient (Wildman–Crippen LogP) is 3.78. The van der Waals surface area contributed by atoms with Crippen molar-refractivity contribution < 1.29 is 62.3 Å². The number of rotatable bonds is 14. The standard InChI is InChI=1S/C42H46BrF2N3O11S/c1-39-9-8-24(50)13-28(39)29(44)14-27-26-15-33-42(32(52)19-49,40(26,2)16-31(51)41(27,39)45)59-38(58-33)22-12-25(60-20-22)11-21-4-3-5-23(10-21)47-37(57)30(6-7-36(55)56)48-35(54)18-46-34(53)17-43/h3-5,8-10,12-13,20,26-27,29-31,33,38,49,51H,6-7,11,14-19H2,1-2H3,(H,46,53)(H,47,57)(H,48,54)(H,55,56)/t26-,27-,29-,30-,31-,33+,38+,39-,40-,41-,42+/m0/s1. The zero-order valence-corrected chi connectivity index (χ0v) is 35.2. The van der Waals surface area contributed by atoms with Gasteiger partial charge in [-0.2, -0.15) is 0 Å². The van der Waals surface area contributed by atoms with Crippen LogP contribution in [0, 0.1) is 22.7 Å². The van der Waals surface area contributed by atoms with E-state index in [1.54, 1.807) is 25.1 Å². The van der Waals surface area contributed by atoms with Gasteiger partial charge in [-0.25, -0.2) is 8.78 Å². The topological polar surface area (TPSA) is 218 Å². The number of aliphatic hydroxyl groups excluding tert-OH is 2. The summed E-state index contributed by atoms with van der Waals surface area (Å²) in [5.41, 5.74) is -5.27. The molecule has 2 aromatic rings. The van der Waals surface area contributed by atoms with Crippen LogP contribution in [0.5, 0.6) is 0 Å². The number of aliphatic carboxylic acids is 1. The van der Waals surface area contributed by atoms with Crippen LogP contribution in [0.15, 0.2) is 59.5 Å². The van der Waals surface area contributed by atoms with E-state index in [9.17, 15) is 44.1 Å². The smallest absolute Gasteiger partial charge is 0.303 e. The number of alkyl halides is 3. The first-order valence-corrected chi connectivity index (χ1v) is 21.6. The molecule has 0 unspecified atom stereocenters. The average Bonchev–Trinajstić information content (AvgIpc) is 3.90. The number of carboxylic acid groups (broad SMARTS) is 1. The molecule has 14 nitrogen and oxygen atoms in total. The number of carbonyl (C=O) groups is 6. The lowest BCUT2D eigenvalue weighted by Gasteiger charge is -2.63. The zero-order chi connectivity index (χ0) is 43.4. The first-order valence-electron chi connectivity index (χ1n) is 19.6. The predicted molar refractivity (Wildman–Crippen MR) is 215 cm³/mol. The van der Waals surface area contributed by atoms with Gasteiger partial charge in [-0.15, -0.1) is 11.3 Å². The van der Waals surface area contributed by atoms with E-state index in [0.29, 0.717) is 17.7 Å². The Kier molecular flexibility index (Phi) is 12.1. The van der Waals surface area contributed by atoms with Gasteiger partial charge < -0.3 is 40.7 Å². The summed E-state index contributed by atoms with van der Waals surface area (Å²) in [6.45, 7) is 1.92. The third-order valence-corrected chi connectivity index (χ3v) is 14.8. The van der Waals surface area contributed by atoms with Gasteiger partial charge in [0.1, 0.15) is 18.8 Å². The van der Waals surface area contributed by atoms with E-state index in [2.05, 4.69) is 31.9 Å². The fourth-order valence-electron chi connectivity index (χ4n) is 10.5. The van der Waals surface area contributed by atoms with E-state index < -0.39 is 119 Å². The van der Waals surface area contributed by atoms with Crippen LogP contribution in [0.4, 0.5) is 14.5 Å². The second-order valence-electron chi connectivity index (χ2n) is 16.7. The second kappa shape index (κ2) is 16.6. The molecule has 7 rings (SSSR count). The van der Waals surface area contributed by atoms with Gasteiger partial charge in [0.15, 0.2) is 29.1 Å². The molecule has 3 saturated carbocycles. The number of ether oxygens (including phenoxy) is 2. The van der Waals surface area contributed by atoms with Gasteiger partial charge in [-0.3, -0.25) is 28.8 Å². The molecule has 6 N–H and O–H groups in total. The van der Waals surface area contributed by atoms with Crippen molar-refractivity contribution in [3.05, 3.63) is 75.5 Å². The zero-order valence-electron chi connectivity index (χ0n) is 32.8. The number of carbonyl (C=O) groups excluding carboxylic acids is 5. The SMILES string of the molecule is C[C@]12C=CC(=O)C=C1[C@@H](F)C[C@H]1[C@@H]3C[C@H]4O[C@@H](c5csc(Cc6cccc(NC(=O)[C@H](CCC(=O)O)NC(=O)CNC(=O)CBr)c6)c5)O[C@@]4(C(=O)CO)[C@@]3(C)C[C@H](O)[C@@]12F. The van der Waals surface area contributed by atoms with Gasteiger partial charge in [0.25, 0.3) is 0 Å². The molecule has 0 bridgehead atoms. The molecule has 18 heteroatoms. The summed E-state index contributed by atoms with van der Waals surface area (Å²) < 4.78 is 46.8. The number of hydrogen-bond acceptors (Lipinski definition) is 11. The number of halogens is 3. The number of thiophene rings is 1. The lowest BCUT2D eigenvalue weighted by Crippen LogP contribution is -2.70. The second-order valence-corrected chi connectivity index (χ2v) is 18.2. The van der Waals surface area contributed by atoms with Crippen LogP contribution in [-0.4, -0.2) is 105 Å². The molecule has 60 heavy (non-hydrogen) atoms. The highest BCUT2D eigenvalue weighted by Gasteiger charge is 2.80. The van der Waals surface area contributed by atoms with E-state index in [0.717, 1.165) is 16.5 Å². The number of aliphatic hydroxyl groups is 2. The molecule has 1 aromatic heterocycles. The van der Waals surface area contributed by atoms with Crippen molar-refractivity contribution in [2.45, 2.75) is 94.4 Å². The fraction of sp³-hybridized carbons (Fsp3) is 0.524. The van der Waals surface area contributed by atoms with Crippen LogP contribution in [0.1, 0.15) is 68.2 Å². The summed E-state index contributed by atoms with van der Waals surface area (Å²) in [4.78, 5) is 75.4. The van der Waals surface area contributed by atoms with Crippen LogP contribution >= 0.6 is 27.3 Å². The maximum Gasteiger partial charge on any atom is 0.303 e. The minimum Gasteiger partial charge on any atom is -0.481 e. The van der Waals surface area contributed by atoms with Crippen molar-refractivity contribution in [3.8, 4) is 0 Å². The van der Waals surface area contributed by atoms with Gasteiger partial charge in [0.05, 0.1) is 24.1 Å². The van der Waals surface area contributed by atoms with Crippen LogP contribution in [0.25, 0.3) is 0 Å². The Morgan fingerprint density at radius 1 is 1.10 bits per heavy atom. The summed E-state index contributed by atoms with van der Waals surface area (Å²) in [7, 11) is 0. The monoisotopic (exact) mass is 917 g/mol. The number of nitrogens with one attached hydrogen (secondary N) is 3. The number of carboxylic acids is 1. The number of ketones is 2. The van der Waals surface area contributed by atoms with Gasteiger partial charge >= 0.3 is 5.97 Å². The molecule has 3 amide bonds. The Morgan fingerprint density at radius 3 is 2.58 bits per heavy atom. The molecular weight excluding hydrogens is 872 g/mol. The Morgan fingerprint density at radius 2 is 1.87 bits per heavy atom. The highest BCUT2D eigenvalue weighted by atomic mass is 79.9. The van der Waals surface area contributed by atoms with Gasteiger partial charge in [-0.1, -0.05) is 41.1 Å². The van der Waals surface area contributed by atoms with Crippen LogP contribution in [-0.2, 0) is 44.7 Å². The third kappa shape index (κ3) is 7.36. The highest BCUT2D eigenvalue weighted by Crippen LogP contribution is 2.72. The number of hydrogen-bond donors (Lipinski definition) is 6. The summed E-state index contributed by atoms with van der Waals surface area (Å²) in [5, 5.41) is 40.6. The van der Waals surface area contributed by atoms with Gasteiger partial charge in [-0.05, 0) is 85.4 Å². The number of benzene rings is 1. The Labute approximate surface area is 356 Å². The lowest BCUT2D eigenvalue weighted by atomic mass is 9.44. The molecule has 1 aliphatic heterocycles. The van der Waals surface area contributed by atoms with Gasteiger partial charge in [0.2, 0.25) is 17.7 Å². The van der Waals surface area contributed by atoms with Crippen molar-refractivity contribution in [2.24, 2.45) is 22.7 Å². The van der Waals surface area contributed by atoms with Crippen molar-refractivity contribution in [1.82, 2.24) is 10.6 Å². The molecule has 0 spiro atoms. The van der Waals surface area contributed by atoms with E-state index in [-0.39, 0.29) is 36.6 Å². The number of amides is 3. The van der Waals surface area contributed by atoms with E-state index in [1.165, 1.54) is 30.4 Å². The molecule has 1 saturated heterocycles. The maximum absolute atomic E-state index is 17.7. The molecule has 1 aromatic carbocycles.